The molecule has 0 fully saturated rings. The molecule has 25 heavy (non-hydrogen) atoms. The summed E-state index contributed by atoms with van der Waals surface area (Å²) in [5, 5.41) is 12.9. The van der Waals surface area contributed by atoms with Gasteiger partial charge < -0.3 is 16.0 Å². The lowest BCUT2D eigenvalue weighted by Gasteiger charge is -2.21. The minimum absolute atomic E-state index is 0.0363. The maximum absolute atomic E-state index is 12.2. The molecule has 3 rings (SSSR count). The summed E-state index contributed by atoms with van der Waals surface area (Å²) in [5.41, 5.74) is 2.99. The molecular weight excluding hydrogens is 318 g/mol. The molecule has 1 aliphatic heterocycles. The molecule has 0 radical (unpaired) electrons. The number of nitrogens with one attached hydrogen (secondary N) is 3. The summed E-state index contributed by atoms with van der Waals surface area (Å²) < 4.78 is 1.78. The van der Waals surface area contributed by atoms with E-state index in [2.05, 4.69) is 21.0 Å². The van der Waals surface area contributed by atoms with Gasteiger partial charge in [-0.05, 0) is 43.5 Å². The first-order chi connectivity index (χ1) is 12.0. The monoisotopic (exact) mass is 341 g/mol. The summed E-state index contributed by atoms with van der Waals surface area (Å²) in [6.07, 6.45) is 4.82. The Balaban J connectivity index is 1.55. The van der Waals surface area contributed by atoms with Crippen molar-refractivity contribution < 1.29 is 9.59 Å². The van der Waals surface area contributed by atoms with Crippen LogP contribution < -0.4 is 16.0 Å². The van der Waals surface area contributed by atoms with E-state index in [4.69, 9.17) is 0 Å². The van der Waals surface area contributed by atoms with Crippen LogP contribution in [0.3, 0.4) is 0 Å². The number of hydrogen-bond acceptors (Lipinski definition) is 3. The highest BCUT2D eigenvalue weighted by Crippen LogP contribution is 2.26. The fourth-order valence-electron chi connectivity index (χ4n) is 2.95. The van der Waals surface area contributed by atoms with Crippen LogP contribution in [0.4, 0.5) is 10.5 Å². The number of rotatable bonds is 5. The Morgan fingerprint density at radius 2 is 2.16 bits per heavy atom. The number of anilines is 1. The van der Waals surface area contributed by atoms with Gasteiger partial charge >= 0.3 is 6.03 Å². The fourth-order valence-corrected chi connectivity index (χ4v) is 2.95. The van der Waals surface area contributed by atoms with Gasteiger partial charge in [0.25, 0.3) is 0 Å². The lowest BCUT2D eigenvalue weighted by molar-refractivity contribution is -0.116. The lowest BCUT2D eigenvalue weighted by Crippen LogP contribution is -2.43. The molecule has 2 aromatic rings. The first kappa shape index (κ1) is 17.0. The number of carbonyl (C=O) groups is 2. The van der Waals surface area contributed by atoms with Gasteiger partial charge in [0.2, 0.25) is 5.91 Å². The molecule has 0 spiro atoms. The van der Waals surface area contributed by atoms with Crippen molar-refractivity contribution in [3.63, 3.8) is 0 Å². The van der Waals surface area contributed by atoms with Crippen molar-refractivity contribution in [1.82, 2.24) is 20.4 Å². The Morgan fingerprint density at radius 1 is 1.32 bits per heavy atom. The second-order valence-corrected chi connectivity index (χ2v) is 6.43. The predicted octanol–water partition coefficient (Wildman–Crippen LogP) is 2.22. The second kappa shape index (κ2) is 7.38. The molecule has 2 atom stereocenters. The van der Waals surface area contributed by atoms with Crippen LogP contribution in [-0.4, -0.2) is 27.8 Å². The molecule has 0 bridgehead atoms. The van der Waals surface area contributed by atoms with Gasteiger partial charge in [-0.25, -0.2) is 4.79 Å². The number of hydrogen-bond donors (Lipinski definition) is 3. The average molecular weight is 341 g/mol. The van der Waals surface area contributed by atoms with Crippen LogP contribution in [0.25, 0.3) is 0 Å². The predicted molar refractivity (Wildman–Crippen MR) is 95.2 cm³/mol. The van der Waals surface area contributed by atoms with Crippen LogP contribution in [0.15, 0.2) is 36.7 Å². The summed E-state index contributed by atoms with van der Waals surface area (Å²) in [7, 11) is 0. The van der Waals surface area contributed by atoms with Crippen LogP contribution in [-0.2, 0) is 17.8 Å². The zero-order valence-electron chi connectivity index (χ0n) is 14.5. The van der Waals surface area contributed by atoms with Crippen molar-refractivity contribution in [2.75, 3.05) is 5.32 Å². The summed E-state index contributed by atoms with van der Waals surface area (Å²) in [6.45, 7) is 4.50. The molecule has 2 heterocycles. The molecule has 0 saturated carbocycles. The van der Waals surface area contributed by atoms with Crippen molar-refractivity contribution in [2.45, 2.75) is 45.3 Å². The third-order valence-electron chi connectivity index (χ3n) is 4.27. The summed E-state index contributed by atoms with van der Waals surface area (Å²) >= 11 is 0. The number of amides is 3. The standard InChI is InChI=1S/C18H23N5O2/c1-12(11-23-9-3-8-19-23)20-18(25)21-13(2)14-4-6-16-15(10-14)5-7-17(24)22-16/h3-4,6,8-10,12-13H,5,7,11H2,1-2H3,(H,22,24)(H2,20,21,25)/t12-,13-/m1/s1. The van der Waals surface area contributed by atoms with Crippen molar-refractivity contribution in [3.05, 3.63) is 47.8 Å². The van der Waals surface area contributed by atoms with Crippen LogP contribution in [0.1, 0.15) is 37.4 Å². The van der Waals surface area contributed by atoms with Gasteiger partial charge in [-0.1, -0.05) is 12.1 Å². The van der Waals surface area contributed by atoms with Gasteiger partial charge in [-0.3, -0.25) is 9.48 Å². The van der Waals surface area contributed by atoms with Crippen molar-refractivity contribution in [1.29, 1.82) is 0 Å². The van der Waals surface area contributed by atoms with Gasteiger partial charge in [0.1, 0.15) is 0 Å². The Kier molecular flexibility index (Phi) is 5.02. The van der Waals surface area contributed by atoms with E-state index >= 15 is 0 Å². The van der Waals surface area contributed by atoms with Crippen molar-refractivity contribution in [2.24, 2.45) is 0 Å². The van der Waals surface area contributed by atoms with E-state index < -0.39 is 0 Å². The Bertz CT molecular complexity index is 757. The Hall–Kier alpha value is -2.83. The maximum Gasteiger partial charge on any atom is 0.315 e. The highest BCUT2D eigenvalue weighted by molar-refractivity contribution is 5.93. The molecule has 0 saturated heterocycles. The first-order valence-corrected chi connectivity index (χ1v) is 8.48. The number of fused-ring (bicyclic) bond motifs is 1. The summed E-state index contributed by atoms with van der Waals surface area (Å²) in [5.74, 6) is 0.0528. The normalized spacial score (nSPS) is 15.7. The molecule has 1 aliphatic rings. The highest BCUT2D eigenvalue weighted by atomic mass is 16.2. The van der Waals surface area contributed by atoms with E-state index in [0.717, 1.165) is 23.2 Å². The number of aromatic nitrogens is 2. The number of nitrogens with zero attached hydrogens (tertiary/aromatic N) is 2. The largest absolute Gasteiger partial charge is 0.334 e. The van der Waals surface area contributed by atoms with Gasteiger partial charge in [-0.2, -0.15) is 5.10 Å². The van der Waals surface area contributed by atoms with E-state index in [1.54, 1.807) is 10.9 Å². The van der Waals surface area contributed by atoms with E-state index in [1.165, 1.54) is 0 Å². The third-order valence-corrected chi connectivity index (χ3v) is 4.27. The lowest BCUT2D eigenvalue weighted by atomic mass is 9.98. The molecular formula is C18H23N5O2. The van der Waals surface area contributed by atoms with Gasteiger partial charge in [-0.15, -0.1) is 0 Å². The topological polar surface area (TPSA) is 88.1 Å². The molecule has 7 nitrogen and oxygen atoms in total. The van der Waals surface area contributed by atoms with E-state index in [0.29, 0.717) is 13.0 Å². The summed E-state index contributed by atoms with van der Waals surface area (Å²) in [6, 6.07) is 7.37. The van der Waals surface area contributed by atoms with Crippen molar-refractivity contribution >= 4 is 17.6 Å². The molecule has 132 valence electrons. The first-order valence-electron chi connectivity index (χ1n) is 8.48. The van der Waals surface area contributed by atoms with Crippen LogP contribution >= 0.6 is 0 Å². The van der Waals surface area contributed by atoms with Gasteiger partial charge in [0.15, 0.2) is 0 Å². The Morgan fingerprint density at radius 3 is 2.92 bits per heavy atom. The zero-order chi connectivity index (χ0) is 17.8. The minimum Gasteiger partial charge on any atom is -0.334 e. The van der Waals surface area contributed by atoms with E-state index in [1.807, 2.05) is 44.3 Å². The van der Waals surface area contributed by atoms with Gasteiger partial charge in [0, 0.05) is 30.5 Å². The quantitative estimate of drug-likeness (QED) is 0.779. The SMILES string of the molecule is C[C@H](Cn1cccn1)NC(=O)N[C@H](C)c1ccc2c(c1)CCC(=O)N2. The number of urea groups is 1. The molecule has 1 aromatic heterocycles. The number of benzene rings is 1. The summed E-state index contributed by atoms with van der Waals surface area (Å²) in [4.78, 5) is 23.6. The van der Waals surface area contributed by atoms with Crippen LogP contribution in [0.5, 0.6) is 0 Å². The molecule has 3 amide bonds. The second-order valence-electron chi connectivity index (χ2n) is 6.43. The van der Waals surface area contributed by atoms with Crippen LogP contribution in [0.2, 0.25) is 0 Å². The number of aryl methyl sites for hydroxylation is 1. The smallest absolute Gasteiger partial charge is 0.315 e. The average Bonchev–Trinajstić information content (AvgIpc) is 3.06. The fraction of sp³-hybridized carbons (Fsp3) is 0.389. The minimum atomic E-state index is -0.210. The van der Waals surface area contributed by atoms with Crippen molar-refractivity contribution in [3.8, 4) is 0 Å². The molecule has 7 heteroatoms. The van der Waals surface area contributed by atoms with Crippen LogP contribution in [0, 0.1) is 0 Å². The van der Waals surface area contributed by atoms with E-state index in [-0.39, 0.29) is 24.0 Å². The van der Waals surface area contributed by atoms with E-state index in [9.17, 15) is 9.59 Å². The number of carbonyl (C=O) groups excluding carboxylic acids is 2. The molecule has 3 N–H and O–H groups in total. The highest BCUT2D eigenvalue weighted by Gasteiger charge is 2.17. The maximum atomic E-state index is 12.2. The Labute approximate surface area is 146 Å². The molecule has 1 aromatic carbocycles. The molecule has 0 aliphatic carbocycles. The van der Waals surface area contributed by atoms with Gasteiger partial charge in [0.05, 0.1) is 12.6 Å². The third kappa shape index (κ3) is 4.37. The zero-order valence-corrected chi connectivity index (χ0v) is 14.5. The molecule has 0 unspecified atom stereocenters.